The van der Waals surface area contributed by atoms with Crippen molar-refractivity contribution in [3.05, 3.63) is 71.8 Å². The average molecular weight is 366 g/mol. The molecule has 1 aliphatic carbocycles. The number of hydrogen-bond donors (Lipinski definition) is 1. The Morgan fingerprint density at radius 1 is 0.963 bits per heavy atom. The minimum Gasteiger partial charge on any atom is -0.396 e. The molecule has 0 aromatic heterocycles. The molecule has 144 valence electrons. The van der Waals surface area contributed by atoms with Gasteiger partial charge in [0, 0.05) is 37.1 Å². The van der Waals surface area contributed by atoms with Crippen LogP contribution in [0.15, 0.2) is 60.7 Å². The van der Waals surface area contributed by atoms with Crippen molar-refractivity contribution in [2.45, 2.75) is 24.7 Å². The van der Waals surface area contributed by atoms with Gasteiger partial charge in [-0.1, -0.05) is 60.7 Å². The van der Waals surface area contributed by atoms with Gasteiger partial charge in [0.25, 0.3) is 0 Å². The molecule has 0 spiro atoms. The van der Waals surface area contributed by atoms with E-state index in [2.05, 4.69) is 72.6 Å². The lowest BCUT2D eigenvalue weighted by molar-refractivity contribution is -0.0314. The van der Waals surface area contributed by atoms with Gasteiger partial charge in [-0.05, 0) is 43.4 Å². The zero-order valence-corrected chi connectivity index (χ0v) is 16.3. The fourth-order valence-electron chi connectivity index (χ4n) is 5.08. The van der Waals surface area contributed by atoms with Crippen LogP contribution >= 0.6 is 0 Å². The SMILES string of the molecule is CN(CC1CC1(c1ccccc1)c1ccccc1)CC1(CO)CCOCC1. The number of aliphatic hydroxyl groups excluding tert-OH is 1. The van der Waals surface area contributed by atoms with E-state index in [1.165, 1.54) is 17.5 Å². The molecule has 1 saturated carbocycles. The van der Waals surface area contributed by atoms with Gasteiger partial charge in [-0.15, -0.1) is 0 Å². The topological polar surface area (TPSA) is 32.7 Å². The molecule has 27 heavy (non-hydrogen) atoms. The third kappa shape index (κ3) is 3.69. The van der Waals surface area contributed by atoms with Crippen LogP contribution in [0.25, 0.3) is 0 Å². The van der Waals surface area contributed by atoms with Crippen molar-refractivity contribution in [3.63, 3.8) is 0 Å². The zero-order valence-electron chi connectivity index (χ0n) is 16.3. The molecule has 2 fully saturated rings. The summed E-state index contributed by atoms with van der Waals surface area (Å²) in [6.45, 7) is 3.81. The normalized spacial score (nSPS) is 23.3. The van der Waals surface area contributed by atoms with E-state index in [4.69, 9.17) is 4.74 Å². The lowest BCUT2D eigenvalue weighted by Gasteiger charge is -2.38. The van der Waals surface area contributed by atoms with Gasteiger partial charge in [0.2, 0.25) is 0 Å². The summed E-state index contributed by atoms with van der Waals surface area (Å²) in [5, 5.41) is 10.0. The van der Waals surface area contributed by atoms with Crippen LogP contribution in [0.2, 0.25) is 0 Å². The predicted molar refractivity (Wildman–Crippen MR) is 109 cm³/mol. The van der Waals surface area contributed by atoms with Gasteiger partial charge in [0.15, 0.2) is 0 Å². The standard InChI is InChI=1S/C24H31NO2/c1-25(18-23(19-26)12-14-27-15-13-23)17-22-16-24(22,20-8-4-2-5-9-20)21-10-6-3-7-11-21/h2-11,22,26H,12-19H2,1H3. The summed E-state index contributed by atoms with van der Waals surface area (Å²) in [6, 6.07) is 21.9. The molecule has 0 radical (unpaired) electrons. The summed E-state index contributed by atoms with van der Waals surface area (Å²) in [5.41, 5.74) is 3.00. The zero-order chi connectivity index (χ0) is 18.7. The summed E-state index contributed by atoms with van der Waals surface area (Å²) in [5.74, 6) is 0.614. The number of nitrogens with zero attached hydrogens (tertiary/aromatic N) is 1. The van der Waals surface area contributed by atoms with Gasteiger partial charge in [-0.3, -0.25) is 0 Å². The van der Waals surface area contributed by atoms with Gasteiger partial charge < -0.3 is 14.7 Å². The van der Waals surface area contributed by atoms with E-state index in [9.17, 15) is 5.11 Å². The van der Waals surface area contributed by atoms with Crippen LogP contribution in [-0.2, 0) is 10.2 Å². The van der Waals surface area contributed by atoms with Crippen molar-refractivity contribution >= 4 is 0 Å². The number of hydrogen-bond acceptors (Lipinski definition) is 3. The first-order valence-corrected chi connectivity index (χ1v) is 10.2. The summed E-state index contributed by atoms with van der Waals surface area (Å²) in [4.78, 5) is 2.44. The van der Waals surface area contributed by atoms with Crippen LogP contribution in [0.3, 0.4) is 0 Å². The largest absolute Gasteiger partial charge is 0.396 e. The van der Waals surface area contributed by atoms with Gasteiger partial charge in [-0.2, -0.15) is 0 Å². The Labute approximate surface area is 163 Å². The summed E-state index contributed by atoms with van der Waals surface area (Å²) < 4.78 is 5.52. The molecule has 3 nitrogen and oxygen atoms in total. The second kappa shape index (κ2) is 7.75. The van der Waals surface area contributed by atoms with Gasteiger partial charge >= 0.3 is 0 Å². The van der Waals surface area contributed by atoms with Crippen molar-refractivity contribution in [2.24, 2.45) is 11.3 Å². The second-order valence-corrected chi connectivity index (χ2v) is 8.57. The third-order valence-electron chi connectivity index (χ3n) is 6.71. The van der Waals surface area contributed by atoms with Crippen LogP contribution < -0.4 is 0 Å². The molecule has 0 bridgehead atoms. The lowest BCUT2D eigenvalue weighted by atomic mass is 9.80. The lowest BCUT2D eigenvalue weighted by Crippen LogP contribution is -2.43. The predicted octanol–water partition coefficient (Wildman–Crippen LogP) is 3.71. The number of aliphatic hydroxyl groups is 1. The molecule has 1 aliphatic heterocycles. The number of ether oxygens (including phenoxy) is 1. The average Bonchev–Trinajstić information content (AvgIpc) is 3.44. The quantitative estimate of drug-likeness (QED) is 0.812. The van der Waals surface area contributed by atoms with Gasteiger partial charge in [0.05, 0.1) is 6.61 Å². The van der Waals surface area contributed by atoms with E-state index in [1.54, 1.807) is 0 Å². The van der Waals surface area contributed by atoms with Crippen molar-refractivity contribution < 1.29 is 9.84 Å². The van der Waals surface area contributed by atoms with E-state index in [1.807, 2.05) is 0 Å². The van der Waals surface area contributed by atoms with Crippen LogP contribution in [0.1, 0.15) is 30.4 Å². The van der Waals surface area contributed by atoms with E-state index < -0.39 is 0 Å². The van der Waals surface area contributed by atoms with Gasteiger partial charge in [0.1, 0.15) is 0 Å². The number of rotatable bonds is 7. The van der Waals surface area contributed by atoms with Gasteiger partial charge in [-0.25, -0.2) is 0 Å². The van der Waals surface area contributed by atoms with E-state index in [0.29, 0.717) is 5.92 Å². The molecular weight excluding hydrogens is 334 g/mol. The maximum atomic E-state index is 10.0. The molecule has 1 heterocycles. The Morgan fingerprint density at radius 2 is 1.52 bits per heavy atom. The molecule has 3 heteroatoms. The third-order valence-corrected chi connectivity index (χ3v) is 6.71. The maximum absolute atomic E-state index is 10.0. The summed E-state index contributed by atoms with van der Waals surface area (Å²) in [7, 11) is 2.21. The van der Waals surface area contributed by atoms with Crippen LogP contribution in [0.4, 0.5) is 0 Å². The molecule has 4 rings (SSSR count). The highest BCUT2D eigenvalue weighted by atomic mass is 16.5. The van der Waals surface area contributed by atoms with E-state index in [0.717, 1.165) is 39.1 Å². The van der Waals surface area contributed by atoms with Crippen molar-refractivity contribution in [2.75, 3.05) is 40.0 Å². The Balaban J connectivity index is 1.50. The Hall–Kier alpha value is -1.68. The van der Waals surface area contributed by atoms with E-state index >= 15 is 0 Å². The minimum absolute atomic E-state index is 0.00401. The Kier molecular flexibility index (Phi) is 5.36. The highest BCUT2D eigenvalue weighted by Crippen LogP contribution is 2.59. The molecular formula is C24H31NO2. The molecule has 2 aromatic rings. The molecule has 1 N–H and O–H groups in total. The molecule has 2 aromatic carbocycles. The Morgan fingerprint density at radius 3 is 2.04 bits per heavy atom. The molecule has 1 unspecified atom stereocenters. The minimum atomic E-state index is 0.00401. The van der Waals surface area contributed by atoms with Crippen molar-refractivity contribution in [1.29, 1.82) is 0 Å². The van der Waals surface area contributed by atoms with Crippen LogP contribution in [-0.4, -0.2) is 50.0 Å². The maximum Gasteiger partial charge on any atom is 0.0501 e. The molecule has 1 atom stereocenters. The highest BCUT2D eigenvalue weighted by molar-refractivity contribution is 5.47. The monoisotopic (exact) mass is 365 g/mol. The molecule has 2 aliphatic rings. The fourth-order valence-corrected chi connectivity index (χ4v) is 5.08. The molecule has 1 saturated heterocycles. The van der Waals surface area contributed by atoms with Crippen molar-refractivity contribution in [1.82, 2.24) is 4.90 Å². The molecule has 0 amide bonds. The number of benzene rings is 2. The first-order chi connectivity index (χ1) is 13.2. The van der Waals surface area contributed by atoms with E-state index in [-0.39, 0.29) is 17.4 Å². The first-order valence-electron chi connectivity index (χ1n) is 10.2. The summed E-state index contributed by atoms with van der Waals surface area (Å²) >= 11 is 0. The fraction of sp³-hybridized carbons (Fsp3) is 0.500. The van der Waals surface area contributed by atoms with Crippen LogP contribution in [0, 0.1) is 11.3 Å². The smallest absolute Gasteiger partial charge is 0.0501 e. The second-order valence-electron chi connectivity index (χ2n) is 8.57. The highest BCUT2D eigenvalue weighted by Gasteiger charge is 2.56. The van der Waals surface area contributed by atoms with Crippen molar-refractivity contribution in [3.8, 4) is 0 Å². The summed E-state index contributed by atoms with van der Waals surface area (Å²) in [6.07, 6.45) is 3.11. The van der Waals surface area contributed by atoms with Crippen LogP contribution in [0.5, 0.6) is 0 Å². The first kappa shape index (κ1) is 18.7. The Bertz CT molecular complexity index is 685.